The molecule has 0 aliphatic carbocycles. The second kappa shape index (κ2) is 17.3. The summed E-state index contributed by atoms with van der Waals surface area (Å²) in [4.78, 5) is 48.2. The summed E-state index contributed by atoms with van der Waals surface area (Å²) in [5.74, 6) is -1.30. The highest BCUT2D eigenvalue weighted by Crippen LogP contribution is 2.25. The van der Waals surface area contributed by atoms with Gasteiger partial charge >= 0.3 is 11.9 Å². The van der Waals surface area contributed by atoms with Crippen molar-refractivity contribution in [3.63, 3.8) is 0 Å². The number of hydrogen-bond acceptors (Lipinski definition) is 8. The van der Waals surface area contributed by atoms with E-state index in [0.717, 1.165) is 6.42 Å². The van der Waals surface area contributed by atoms with Gasteiger partial charge in [-0.25, -0.2) is 9.59 Å². The number of methoxy groups -OCH3 is 2. The highest BCUT2D eigenvalue weighted by Gasteiger charge is 2.17. The molecule has 5 rings (SSSR count). The Balaban J connectivity index is 0.000000229. The Morgan fingerprint density at radius 3 is 1.54 bits per heavy atom. The molecule has 0 aliphatic heterocycles. The van der Waals surface area contributed by atoms with E-state index in [1.54, 1.807) is 72.8 Å². The van der Waals surface area contributed by atoms with Gasteiger partial charge in [0.2, 0.25) is 0 Å². The van der Waals surface area contributed by atoms with Gasteiger partial charge in [-0.05, 0) is 54.1 Å². The van der Waals surface area contributed by atoms with Crippen molar-refractivity contribution < 1.29 is 38.5 Å². The number of anilines is 2. The van der Waals surface area contributed by atoms with E-state index in [9.17, 15) is 24.3 Å². The number of aromatic hydroxyl groups is 1. The third-order valence-electron chi connectivity index (χ3n) is 6.88. The van der Waals surface area contributed by atoms with Gasteiger partial charge in [0.1, 0.15) is 11.5 Å². The Labute approximate surface area is 277 Å². The Morgan fingerprint density at radius 2 is 1.04 bits per heavy atom. The minimum absolute atomic E-state index is 0.0546. The van der Waals surface area contributed by atoms with E-state index in [2.05, 4.69) is 15.4 Å². The van der Waals surface area contributed by atoms with Crippen LogP contribution in [-0.2, 0) is 15.9 Å². The monoisotopic (exact) mass is 646 g/mol. The van der Waals surface area contributed by atoms with Gasteiger partial charge in [0.15, 0.2) is 0 Å². The maximum absolute atomic E-state index is 12.5. The predicted molar refractivity (Wildman–Crippen MR) is 182 cm³/mol. The number of amides is 2. The molecule has 2 amide bonds. The second-order valence-corrected chi connectivity index (χ2v) is 10.1. The van der Waals surface area contributed by atoms with Gasteiger partial charge in [-0.3, -0.25) is 9.59 Å². The Kier molecular flexibility index (Phi) is 12.4. The molecule has 0 saturated heterocycles. The largest absolute Gasteiger partial charge is 0.508 e. The molecule has 10 nitrogen and oxygen atoms in total. The first kappa shape index (κ1) is 34.5. The fourth-order valence-electron chi connectivity index (χ4n) is 4.43. The molecule has 5 aromatic carbocycles. The highest BCUT2D eigenvalue weighted by molar-refractivity contribution is 6.09. The number of carbonyl (C=O) groups is 4. The van der Waals surface area contributed by atoms with Gasteiger partial charge in [0.05, 0.1) is 43.3 Å². The Hall–Kier alpha value is -6.42. The fourth-order valence-corrected chi connectivity index (χ4v) is 4.43. The lowest BCUT2D eigenvalue weighted by Gasteiger charge is -2.13. The summed E-state index contributed by atoms with van der Waals surface area (Å²) in [6, 6.07) is 36.3. The predicted octanol–water partition coefficient (Wildman–Crippen LogP) is 6.78. The van der Waals surface area contributed by atoms with E-state index in [4.69, 9.17) is 9.47 Å². The van der Waals surface area contributed by atoms with Crippen LogP contribution in [0.4, 0.5) is 11.4 Å². The van der Waals surface area contributed by atoms with Crippen LogP contribution in [0.15, 0.2) is 127 Å². The van der Waals surface area contributed by atoms with E-state index < -0.39 is 11.9 Å². The summed E-state index contributed by atoms with van der Waals surface area (Å²) >= 11 is 0. The topological polar surface area (TPSA) is 140 Å². The molecular weight excluding hydrogens is 612 g/mol. The number of phenols is 1. The number of phenolic OH excluding ortho intramolecular Hbond substituents is 1. The van der Waals surface area contributed by atoms with E-state index in [1.807, 2.05) is 36.4 Å². The van der Waals surface area contributed by atoms with Crippen molar-refractivity contribution in [3.05, 3.63) is 155 Å². The molecule has 0 aromatic heterocycles. The van der Waals surface area contributed by atoms with Crippen LogP contribution in [0.3, 0.4) is 0 Å². The van der Waals surface area contributed by atoms with Crippen LogP contribution in [0.5, 0.6) is 11.5 Å². The van der Waals surface area contributed by atoms with Gasteiger partial charge in [-0.2, -0.15) is 0 Å². The normalized spacial score (nSPS) is 10.0. The number of esters is 2. The molecule has 0 saturated carbocycles. The molecule has 0 unspecified atom stereocenters. The van der Waals surface area contributed by atoms with Crippen LogP contribution in [0.2, 0.25) is 0 Å². The number of ether oxygens (including phenoxy) is 3. The first-order valence-corrected chi connectivity index (χ1v) is 14.8. The number of carbonyl (C=O) groups excluding carboxylic acids is 4. The van der Waals surface area contributed by atoms with Crippen molar-refractivity contribution in [1.82, 2.24) is 0 Å². The summed E-state index contributed by atoms with van der Waals surface area (Å²) in [5.41, 5.74) is 3.10. The molecule has 0 spiro atoms. The van der Waals surface area contributed by atoms with Crippen LogP contribution in [-0.4, -0.2) is 49.7 Å². The first-order valence-electron chi connectivity index (χ1n) is 14.8. The van der Waals surface area contributed by atoms with E-state index in [-0.39, 0.29) is 34.4 Å². The Morgan fingerprint density at radius 1 is 0.583 bits per heavy atom. The molecule has 244 valence electrons. The minimum Gasteiger partial charge on any atom is -0.508 e. The average molecular weight is 647 g/mol. The molecule has 10 heteroatoms. The molecule has 0 bridgehead atoms. The van der Waals surface area contributed by atoms with Crippen molar-refractivity contribution in [3.8, 4) is 11.5 Å². The molecule has 0 fully saturated rings. The van der Waals surface area contributed by atoms with Crippen molar-refractivity contribution in [2.45, 2.75) is 6.42 Å². The van der Waals surface area contributed by atoms with Crippen molar-refractivity contribution >= 4 is 35.1 Å². The Bertz CT molecular complexity index is 1850. The molecular formula is C38H34N2O8. The fraction of sp³-hybridized carbons (Fsp3) is 0.105. The van der Waals surface area contributed by atoms with Crippen LogP contribution >= 0.6 is 0 Å². The minimum atomic E-state index is -0.589. The van der Waals surface area contributed by atoms with Gasteiger partial charge < -0.3 is 30.0 Å². The summed E-state index contributed by atoms with van der Waals surface area (Å²) in [6.07, 6.45) is 0.755. The van der Waals surface area contributed by atoms with E-state index in [1.165, 1.54) is 38.0 Å². The summed E-state index contributed by atoms with van der Waals surface area (Å²) in [7, 11) is 2.55. The van der Waals surface area contributed by atoms with Gasteiger partial charge in [-0.15, -0.1) is 0 Å². The van der Waals surface area contributed by atoms with Crippen LogP contribution in [0, 0.1) is 0 Å². The standard InChI is InChI=1S/C23H21NO4.C15H13NO4/c1-27-23(26)20-13-12-19(28-15-14-17-8-4-2-5-9-17)16-21(20)24-22(25)18-10-6-3-7-11-18;1-20-15(19)12-8-7-11(17)9-13(12)16-14(18)10-5-3-2-4-6-10/h2-13,16H,14-15H2,1H3,(H,24,25);2-9,17H,1H3,(H,16,18). The molecule has 48 heavy (non-hydrogen) atoms. The van der Waals surface area contributed by atoms with Crippen LogP contribution < -0.4 is 15.4 Å². The third-order valence-corrected chi connectivity index (χ3v) is 6.88. The zero-order valence-electron chi connectivity index (χ0n) is 26.3. The average Bonchev–Trinajstić information content (AvgIpc) is 3.12. The molecule has 5 aromatic rings. The molecule has 3 N–H and O–H groups in total. The summed E-state index contributed by atoms with van der Waals surface area (Å²) in [5, 5.41) is 14.8. The van der Waals surface area contributed by atoms with Crippen molar-refractivity contribution in [2.24, 2.45) is 0 Å². The second-order valence-electron chi connectivity index (χ2n) is 10.1. The molecule has 0 radical (unpaired) electrons. The molecule has 0 heterocycles. The zero-order valence-corrected chi connectivity index (χ0v) is 26.3. The maximum Gasteiger partial charge on any atom is 0.339 e. The molecule has 0 aliphatic rings. The maximum atomic E-state index is 12.5. The number of hydrogen-bond donors (Lipinski definition) is 3. The third kappa shape index (κ3) is 9.79. The van der Waals surface area contributed by atoms with Crippen LogP contribution in [0.1, 0.15) is 47.0 Å². The quantitative estimate of drug-likeness (QED) is 0.141. The first-order chi connectivity index (χ1) is 23.3. The summed E-state index contributed by atoms with van der Waals surface area (Å²) in [6.45, 7) is 0.480. The number of rotatable bonds is 10. The van der Waals surface area contributed by atoms with E-state index >= 15 is 0 Å². The number of benzene rings is 5. The summed E-state index contributed by atoms with van der Waals surface area (Å²) < 4.78 is 15.2. The van der Waals surface area contributed by atoms with E-state index in [0.29, 0.717) is 29.2 Å². The lowest BCUT2D eigenvalue weighted by Crippen LogP contribution is -2.15. The van der Waals surface area contributed by atoms with Gasteiger partial charge in [0, 0.05) is 29.7 Å². The van der Waals surface area contributed by atoms with Gasteiger partial charge in [-0.1, -0.05) is 66.7 Å². The smallest absolute Gasteiger partial charge is 0.339 e. The highest BCUT2D eigenvalue weighted by atomic mass is 16.5. The zero-order chi connectivity index (χ0) is 34.3. The van der Waals surface area contributed by atoms with Crippen molar-refractivity contribution in [1.29, 1.82) is 0 Å². The molecule has 0 atom stereocenters. The number of nitrogens with one attached hydrogen (secondary N) is 2. The SMILES string of the molecule is COC(=O)c1ccc(O)cc1NC(=O)c1ccccc1.COC(=O)c1ccc(OCCc2ccccc2)cc1NC(=O)c1ccccc1. The lowest BCUT2D eigenvalue weighted by atomic mass is 10.1. The van der Waals surface area contributed by atoms with Crippen molar-refractivity contribution in [2.75, 3.05) is 31.5 Å². The van der Waals surface area contributed by atoms with Crippen LogP contribution in [0.25, 0.3) is 0 Å². The lowest BCUT2D eigenvalue weighted by molar-refractivity contribution is 0.0592. The van der Waals surface area contributed by atoms with Gasteiger partial charge in [0.25, 0.3) is 11.8 Å².